The number of hydrogen-bond acceptors (Lipinski definition) is 3. The number of nitrogens with zero attached hydrogens (tertiary/aromatic N) is 1. The third-order valence-corrected chi connectivity index (χ3v) is 3.60. The molecule has 1 heterocycles. The molecule has 0 bridgehead atoms. The summed E-state index contributed by atoms with van der Waals surface area (Å²) in [5, 5.41) is 2.59. The van der Waals surface area contributed by atoms with Crippen LogP contribution in [-0.2, 0) is 16.0 Å². The highest BCUT2D eigenvalue weighted by Gasteiger charge is 2.21. The van der Waals surface area contributed by atoms with Crippen LogP contribution >= 0.6 is 0 Å². The molecule has 0 aromatic heterocycles. The molecular weight excluding hydrogens is 254 g/mol. The lowest BCUT2D eigenvalue weighted by Gasteiger charge is -2.23. The van der Waals surface area contributed by atoms with Crippen LogP contribution in [0.3, 0.4) is 0 Å². The number of rotatable bonds is 4. The Bertz CT molecular complexity index is 514. The van der Waals surface area contributed by atoms with Gasteiger partial charge in [-0.05, 0) is 43.0 Å². The summed E-state index contributed by atoms with van der Waals surface area (Å²) in [4.78, 5) is 25.3. The second-order valence-electron chi connectivity index (χ2n) is 5.06. The molecule has 0 spiro atoms. The van der Waals surface area contributed by atoms with Crippen molar-refractivity contribution in [3.63, 3.8) is 0 Å². The van der Waals surface area contributed by atoms with E-state index in [9.17, 15) is 9.59 Å². The number of amides is 2. The number of carbonyl (C=O) groups is 2. The zero-order valence-electron chi connectivity index (χ0n) is 11.8. The highest BCUT2D eigenvalue weighted by atomic mass is 16.2. The molecule has 108 valence electrons. The SMILES string of the molecule is CNC(=O)CCCN1C(=O)CCCc2cc(N)ccc21. The van der Waals surface area contributed by atoms with Crippen molar-refractivity contribution in [2.24, 2.45) is 0 Å². The van der Waals surface area contributed by atoms with E-state index in [1.54, 1.807) is 11.9 Å². The molecule has 0 saturated heterocycles. The summed E-state index contributed by atoms with van der Waals surface area (Å²) < 4.78 is 0. The van der Waals surface area contributed by atoms with Crippen LogP contribution in [-0.4, -0.2) is 25.4 Å². The van der Waals surface area contributed by atoms with Crippen molar-refractivity contribution in [1.29, 1.82) is 0 Å². The molecule has 0 saturated carbocycles. The van der Waals surface area contributed by atoms with Gasteiger partial charge in [0.15, 0.2) is 0 Å². The molecule has 0 aliphatic carbocycles. The lowest BCUT2D eigenvalue weighted by atomic mass is 10.1. The second kappa shape index (κ2) is 6.41. The van der Waals surface area contributed by atoms with E-state index in [1.165, 1.54) is 0 Å². The third kappa shape index (κ3) is 3.29. The Labute approximate surface area is 119 Å². The van der Waals surface area contributed by atoms with E-state index < -0.39 is 0 Å². The fourth-order valence-corrected chi connectivity index (χ4v) is 2.54. The molecule has 20 heavy (non-hydrogen) atoms. The van der Waals surface area contributed by atoms with E-state index >= 15 is 0 Å². The van der Waals surface area contributed by atoms with Gasteiger partial charge in [0.2, 0.25) is 11.8 Å². The van der Waals surface area contributed by atoms with Gasteiger partial charge in [-0.3, -0.25) is 9.59 Å². The number of aryl methyl sites for hydroxylation is 1. The van der Waals surface area contributed by atoms with Crippen molar-refractivity contribution in [2.45, 2.75) is 32.1 Å². The minimum absolute atomic E-state index is 0.00444. The van der Waals surface area contributed by atoms with Crippen molar-refractivity contribution in [3.05, 3.63) is 23.8 Å². The predicted molar refractivity (Wildman–Crippen MR) is 79.4 cm³/mol. The molecule has 3 N–H and O–H groups in total. The maximum Gasteiger partial charge on any atom is 0.226 e. The highest BCUT2D eigenvalue weighted by Crippen LogP contribution is 2.29. The van der Waals surface area contributed by atoms with Gasteiger partial charge in [0.1, 0.15) is 0 Å². The second-order valence-corrected chi connectivity index (χ2v) is 5.06. The maximum absolute atomic E-state index is 12.2. The molecule has 0 atom stereocenters. The van der Waals surface area contributed by atoms with Crippen molar-refractivity contribution >= 4 is 23.2 Å². The Hall–Kier alpha value is -2.04. The summed E-state index contributed by atoms with van der Waals surface area (Å²) in [6, 6.07) is 5.68. The van der Waals surface area contributed by atoms with E-state index in [4.69, 9.17) is 5.73 Å². The lowest BCUT2D eigenvalue weighted by Crippen LogP contribution is -2.32. The molecule has 1 aliphatic rings. The molecule has 1 aromatic carbocycles. The van der Waals surface area contributed by atoms with E-state index in [2.05, 4.69) is 5.32 Å². The van der Waals surface area contributed by atoms with Gasteiger partial charge in [0, 0.05) is 37.8 Å². The average Bonchev–Trinajstić information content (AvgIpc) is 2.58. The molecule has 0 fully saturated rings. The summed E-state index contributed by atoms with van der Waals surface area (Å²) in [5.41, 5.74) is 8.60. The molecule has 2 amide bonds. The van der Waals surface area contributed by atoms with Gasteiger partial charge >= 0.3 is 0 Å². The summed E-state index contributed by atoms with van der Waals surface area (Å²) >= 11 is 0. The Morgan fingerprint density at radius 1 is 1.40 bits per heavy atom. The fraction of sp³-hybridized carbons (Fsp3) is 0.467. The van der Waals surface area contributed by atoms with Gasteiger partial charge < -0.3 is 16.0 Å². The van der Waals surface area contributed by atoms with Crippen molar-refractivity contribution in [1.82, 2.24) is 5.32 Å². The summed E-state index contributed by atoms with van der Waals surface area (Å²) in [7, 11) is 1.62. The van der Waals surface area contributed by atoms with Gasteiger partial charge in [0.05, 0.1) is 0 Å². The number of anilines is 2. The predicted octanol–water partition coefficient (Wildman–Crippen LogP) is 1.46. The zero-order chi connectivity index (χ0) is 14.5. The van der Waals surface area contributed by atoms with Crippen LogP contribution in [0, 0.1) is 0 Å². The highest BCUT2D eigenvalue weighted by molar-refractivity contribution is 5.95. The Morgan fingerprint density at radius 3 is 2.95 bits per heavy atom. The number of benzene rings is 1. The molecule has 1 aromatic rings. The van der Waals surface area contributed by atoms with E-state index in [0.717, 1.165) is 29.8 Å². The van der Waals surface area contributed by atoms with E-state index in [0.29, 0.717) is 25.8 Å². The summed E-state index contributed by atoms with van der Waals surface area (Å²) in [5.74, 6) is 0.134. The average molecular weight is 275 g/mol. The Morgan fingerprint density at radius 2 is 2.20 bits per heavy atom. The van der Waals surface area contributed by atoms with Crippen LogP contribution < -0.4 is 16.0 Å². The van der Waals surface area contributed by atoms with E-state index in [-0.39, 0.29) is 11.8 Å². The lowest BCUT2D eigenvalue weighted by molar-refractivity contribution is -0.121. The molecular formula is C15H21N3O2. The van der Waals surface area contributed by atoms with Crippen molar-refractivity contribution in [3.8, 4) is 0 Å². The Balaban J connectivity index is 2.13. The first-order chi connectivity index (χ1) is 9.61. The topological polar surface area (TPSA) is 75.4 Å². The largest absolute Gasteiger partial charge is 0.399 e. The van der Waals surface area contributed by atoms with Gasteiger partial charge in [-0.1, -0.05) is 0 Å². The first-order valence-corrected chi connectivity index (χ1v) is 7.01. The van der Waals surface area contributed by atoms with Crippen LogP contribution in [0.25, 0.3) is 0 Å². The number of nitrogens with two attached hydrogens (primary N) is 1. The minimum Gasteiger partial charge on any atom is -0.399 e. The minimum atomic E-state index is 0.00444. The molecule has 5 heteroatoms. The van der Waals surface area contributed by atoms with Crippen LogP contribution in [0.15, 0.2) is 18.2 Å². The first kappa shape index (κ1) is 14.4. The van der Waals surface area contributed by atoms with Gasteiger partial charge in [0.25, 0.3) is 0 Å². The number of hydrogen-bond donors (Lipinski definition) is 2. The molecule has 1 aliphatic heterocycles. The van der Waals surface area contributed by atoms with E-state index in [1.807, 2.05) is 18.2 Å². The summed E-state index contributed by atoms with van der Waals surface area (Å²) in [6.45, 7) is 0.573. The molecule has 0 unspecified atom stereocenters. The normalized spacial score (nSPS) is 14.7. The van der Waals surface area contributed by atoms with Gasteiger partial charge in [-0.25, -0.2) is 0 Å². The van der Waals surface area contributed by atoms with Crippen LogP contribution in [0.2, 0.25) is 0 Å². The summed E-state index contributed by atoms with van der Waals surface area (Å²) in [6.07, 6.45) is 3.37. The quantitative estimate of drug-likeness (QED) is 0.817. The number of carbonyl (C=O) groups excluding carboxylic acids is 2. The van der Waals surface area contributed by atoms with Crippen molar-refractivity contribution in [2.75, 3.05) is 24.2 Å². The van der Waals surface area contributed by atoms with Crippen LogP contribution in [0.5, 0.6) is 0 Å². The molecule has 5 nitrogen and oxygen atoms in total. The van der Waals surface area contributed by atoms with Crippen LogP contribution in [0.4, 0.5) is 11.4 Å². The molecule has 2 rings (SSSR count). The molecule has 0 radical (unpaired) electrons. The third-order valence-electron chi connectivity index (χ3n) is 3.60. The smallest absolute Gasteiger partial charge is 0.226 e. The van der Waals surface area contributed by atoms with Crippen LogP contribution in [0.1, 0.15) is 31.2 Å². The van der Waals surface area contributed by atoms with Gasteiger partial charge in [-0.15, -0.1) is 0 Å². The van der Waals surface area contributed by atoms with Gasteiger partial charge in [-0.2, -0.15) is 0 Å². The number of nitrogens with one attached hydrogen (secondary N) is 1. The maximum atomic E-state index is 12.2. The fourth-order valence-electron chi connectivity index (χ4n) is 2.54. The first-order valence-electron chi connectivity index (χ1n) is 7.01. The standard InChI is InChI=1S/C15H21N3O2/c1-17-14(19)5-3-9-18-13-8-7-12(16)10-11(13)4-2-6-15(18)20/h7-8,10H,2-6,9,16H2,1H3,(H,17,19). The monoisotopic (exact) mass is 275 g/mol. The van der Waals surface area contributed by atoms with Crippen molar-refractivity contribution < 1.29 is 9.59 Å². The number of nitrogen functional groups attached to an aromatic ring is 1. The zero-order valence-corrected chi connectivity index (χ0v) is 11.8. The Kier molecular flexibility index (Phi) is 4.61. The number of fused-ring (bicyclic) bond motifs is 1.